The number of nitrogens with zero attached hydrogens (tertiary/aromatic N) is 4. The first-order chi connectivity index (χ1) is 6.45. The van der Waals surface area contributed by atoms with Gasteiger partial charge in [0.25, 0.3) is 0 Å². The highest BCUT2D eigenvalue weighted by Gasteiger charge is 1.89. The quantitative estimate of drug-likeness (QED) is 0.556. The number of likely N-dealkylation sites (N-methyl/N-ethyl adjacent to an activating group) is 2. The molecule has 0 saturated heterocycles. The van der Waals surface area contributed by atoms with Crippen molar-refractivity contribution in [3.8, 4) is 11.9 Å². The molecule has 4 nitrogen and oxygen atoms in total. The van der Waals surface area contributed by atoms with E-state index in [4.69, 9.17) is 10.5 Å². The Morgan fingerprint density at radius 2 is 1.00 bits per heavy atom. The zero-order chi connectivity index (χ0) is 12.0. The summed E-state index contributed by atoms with van der Waals surface area (Å²) < 4.78 is 0. The molecule has 0 N–H and O–H groups in total. The maximum absolute atomic E-state index is 7.10. The summed E-state index contributed by atoms with van der Waals surface area (Å²) in [5.41, 5.74) is 0. The second-order valence-electron chi connectivity index (χ2n) is 2.86. The van der Waals surface area contributed by atoms with Crippen LogP contribution in [0.5, 0.6) is 0 Å². The minimum atomic E-state index is 1.15. The van der Waals surface area contributed by atoms with E-state index < -0.39 is 0 Å². The molecule has 0 aromatic carbocycles. The van der Waals surface area contributed by atoms with Gasteiger partial charge in [-0.3, -0.25) is 0 Å². The Labute approximate surface area is 89.9 Å². The summed E-state index contributed by atoms with van der Waals surface area (Å²) in [5.74, 6) is 2.50. The lowest BCUT2D eigenvalue weighted by Gasteiger charge is -2.13. The maximum Gasteiger partial charge on any atom is 0.229 e. The second-order valence-corrected chi connectivity index (χ2v) is 2.86. The van der Waals surface area contributed by atoms with Gasteiger partial charge in [-0.25, -0.2) is 10.5 Å². The molecule has 4 radical (unpaired) electrons. The molecule has 0 aliphatic heterocycles. The van der Waals surface area contributed by atoms with Crippen LogP contribution in [0.15, 0.2) is 0 Å². The van der Waals surface area contributed by atoms with Gasteiger partial charge in [-0.05, 0) is 40.1 Å². The monoisotopic (exact) mass is 190 g/mol. The fourth-order valence-corrected chi connectivity index (χ4v) is 0.400. The van der Waals surface area contributed by atoms with E-state index in [1.807, 2.05) is 0 Å². The summed E-state index contributed by atoms with van der Waals surface area (Å²) >= 11 is 0. The van der Waals surface area contributed by atoms with Crippen LogP contribution in [-0.2, 0) is 0 Å². The van der Waals surface area contributed by atoms with Crippen LogP contribution in [0.3, 0.4) is 0 Å². The summed E-state index contributed by atoms with van der Waals surface area (Å²) in [7, 11) is 16.7. The van der Waals surface area contributed by atoms with Crippen LogP contribution in [-0.4, -0.2) is 66.8 Å². The number of rotatable bonds is 3. The van der Waals surface area contributed by atoms with Gasteiger partial charge in [-0.1, -0.05) is 0 Å². The van der Waals surface area contributed by atoms with E-state index in [1.165, 1.54) is 11.9 Å². The third-order valence-corrected chi connectivity index (χ3v) is 0.994. The molecule has 0 unspecified atom stereocenters. The molecule has 0 atom stereocenters. The van der Waals surface area contributed by atoms with Crippen molar-refractivity contribution in [2.24, 2.45) is 0 Å². The van der Waals surface area contributed by atoms with Gasteiger partial charge in [0.05, 0.1) is 0 Å². The highest BCUT2D eigenvalue weighted by Crippen LogP contribution is 1.76. The first kappa shape index (κ1) is 18.7. The molecule has 0 spiro atoms. The van der Waals surface area contributed by atoms with Gasteiger partial charge >= 0.3 is 0 Å². The van der Waals surface area contributed by atoms with Gasteiger partial charge < -0.3 is 9.80 Å². The highest BCUT2D eigenvalue weighted by molar-refractivity contribution is 6.20. The highest BCUT2D eigenvalue weighted by atomic mass is 15.1. The fourth-order valence-electron chi connectivity index (χ4n) is 0.400. The molecule has 74 valence electrons. The van der Waals surface area contributed by atoms with Crippen LogP contribution in [0.2, 0.25) is 0 Å². The van der Waals surface area contributed by atoms with Crippen molar-refractivity contribution >= 4 is 15.7 Å². The van der Waals surface area contributed by atoms with Crippen molar-refractivity contribution < 1.29 is 0 Å². The summed E-state index contributed by atoms with van der Waals surface area (Å²) in [6, 6.07) is 0. The summed E-state index contributed by atoms with van der Waals surface area (Å²) in [6.45, 7) is 2.29. The van der Waals surface area contributed by atoms with Gasteiger partial charge in [0.2, 0.25) is 15.7 Å². The van der Waals surface area contributed by atoms with Crippen LogP contribution in [0.4, 0.5) is 0 Å². The second kappa shape index (κ2) is 17.9. The lowest BCUT2D eigenvalue weighted by Crippen LogP contribution is -2.25. The molecule has 0 aliphatic carbocycles. The van der Waals surface area contributed by atoms with Crippen molar-refractivity contribution in [2.75, 3.05) is 41.3 Å². The lowest BCUT2D eigenvalue weighted by molar-refractivity contribution is 0.320. The Kier molecular flexibility index (Phi) is 24.0. The minimum absolute atomic E-state index is 1.15. The van der Waals surface area contributed by atoms with Crippen LogP contribution in [0.1, 0.15) is 0 Å². The molecule has 0 aromatic rings. The van der Waals surface area contributed by atoms with Crippen LogP contribution in [0.25, 0.3) is 0 Å². The average molecular weight is 190 g/mol. The molecular formula is C8H16B2N4. The van der Waals surface area contributed by atoms with Gasteiger partial charge in [0, 0.05) is 13.1 Å². The molecule has 0 fully saturated rings. The van der Waals surface area contributed by atoms with Gasteiger partial charge in [-0.15, -0.1) is 0 Å². The first-order valence-corrected chi connectivity index (χ1v) is 3.95. The zero-order valence-corrected chi connectivity index (χ0v) is 9.36. The average Bonchev–Trinajstić information content (AvgIpc) is 2.04. The Morgan fingerprint density at radius 1 is 0.857 bits per heavy atom. The van der Waals surface area contributed by atoms with Crippen molar-refractivity contribution in [1.82, 2.24) is 9.80 Å². The van der Waals surface area contributed by atoms with E-state index in [0.717, 1.165) is 13.1 Å². The largest absolute Gasteiger partial charge is 0.308 e. The summed E-state index contributed by atoms with van der Waals surface area (Å²) in [4.78, 5) is 4.36. The standard InChI is InChI=1S/C6H16N2.2CBN/c1-7(2)5-6-8(3)4;2*2-1-3/h5-6H2,1-4H3;;. The smallest absolute Gasteiger partial charge is 0.229 e. The van der Waals surface area contributed by atoms with Gasteiger partial charge in [-0.2, -0.15) is 0 Å². The molecule has 6 heteroatoms. The summed E-state index contributed by atoms with van der Waals surface area (Å²) in [5, 5.41) is 14.2. The Balaban J connectivity index is -0.000000168. The van der Waals surface area contributed by atoms with Gasteiger partial charge in [0.15, 0.2) is 0 Å². The Bertz CT molecular complexity index is 149. The molecule has 14 heavy (non-hydrogen) atoms. The fraction of sp³-hybridized carbons (Fsp3) is 0.750. The molecule has 0 aliphatic rings. The number of hydrogen-bond acceptors (Lipinski definition) is 4. The van der Waals surface area contributed by atoms with E-state index in [2.05, 4.69) is 53.7 Å². The molecular weight excluding hydrogens is 174 g/mol. The predicted octanol–water partition coefficient (Wildman–Crippen LogP) is -0.618. The van der Waals surface area contributed by atoms with E-state index in [1.54, 1.807) is 0 Å². The molecule has 0 bridgehead atoms. The topological polar surface area (TPSA) is 54.1 Å². The van der Waals surface area contributed by atoms with Crippen LogP contribution >= 0.6 is 0 Å². The molecule has 0 aromatic heterocycles. The molecule has 0 saturated carbocycles. The Morgan fingerprint density at radius 3 is 1.07 bits per heavy atom. The number of hydrogen-bond donors (Lipinski definition) is 0. The SMILES string of the molecule is CN(C)CCN(C)C.[B]C#N.[B]C#N. The molecule has 0 amide bonds. The van der Waals surface area contributed by atoms with Crippen molar-refractivity contribution in [1.29, 1.82) is 10.5 Å². The van der Waals surface area contributed by atoms with Gasteiger partial charge in [0.1, 0.15) is 0 Å². The normalized spacial score (nSPS) is 7.43. The third-order valence-electron chi connectivity index (χ3n) is 0.994. The van der Waals surface area contributed by atoms with E-state index >= 15 is 0 Å². The van der Waals surface area contributed by atoms with E-state index in [9.17, 15) is 0 Å². The Hall–Kier alpha value is -0.970. The number of nitriles is 2. The molecule has 0 heterocycles. The lowest BCUT2D eigenvalue weighted by atomic mass is 10.2. The third kappa shape index (κ3) is 68.3. The maximum atomic E-state index is 7.10. The van der Waals surface area contributed by atoms with Crippen molar-refractivity contribution in [2.45, 2.75) is 0 Å². The first-order valence-electron chi connectivity index (χ1n) is 3.95. The van der Waals surface area contributed by atoms with Crippen LogP contribution < -0.4 is 0 Å². The summed E-state index contributed by atoms with van der Waals surface area (Å²) in [6.07, 6.45) is 0. The van der Waals surface area contributed by atoms with E-state index in [0.29, 0.717) is 0 Å². The van der Waals surface area contributed by atoms with Crippen molar-refractivity contribution in [3.63, 3.8) is 0 Å². The predicted molar refractivity (Wildman–Crippen MR) is 59.8 cm³/mol. The van der Waals surface area contributed by atoms with Crippen LogP contribution in [0, 0.1) is 22.5 Å². The minimum Gasteiger partial charge on any atom is -0.308 e. The molecule has 0 rings (SSSR count). The van der Waals surface area contributed by atoms with E-state index in [-0.39, 0.29) is 0 Å². The zero-order valence-electron chi connectivity index (χ0n) is 9.36. The van der Waals surface area contributed by atoms with Crippen molar-refractivity contribution in [3.05, 3.63) is 0 Å².